The van der Waals surface area contributed by atoms with E-state index in [9.17, 15) is 39.9 Å². The molecule has 36 heavy (non-hydrogen) atoms. The number of alkyl halides is 7. The summed E-state index contributed by atoms with van der Waals surface area (Å²) in [5.74, 6) is -4.55. The van der Waals surface area contributed by atoms with Gasteiger partial charge in [0.05, 0.1) is 27.3 Å². The van der Waals surface area contributed by atoms with Crippen LogP contribution >= 0.6 is 46.6 Å². The second-order valence-electron chi connectivity index (χ2n) is 7.42. The van der Waals surface area contributed by atoms with Crippen molar-refractivity contribution in [2.45, 2.75) is 31.1 Å². The highest BCUT2D eigenvalue weighted by molar-refractivity contribution is 7.99. The Bertz CT molecular complexity index is 1090. The Morgan fingerprint density at radius 2 is 1.58 bits per heavy atom. The van der Waals surface area contributed by atoms with Gasteiger partial charge in [0.25, 0.3) is 0 Å². The van der Waals surface area contributed by atoms with Crippen LogP contribution in [0.3, 0.4) is 0 Å². The molecule has 2 aromatic carbocycles. The largest absolute Gasteiger partial charge is 0.417 e. The van der Waals surface area contributed by atoms with Gasteiger partial charge in [0.2, 0.25) is 0 Å². The summed E-state index contributed by atoms with van der Waals surface area (Å²) < 4.78 is 109. The van der Waals surface area contributed by atoms with Crippen molar-refractivity contribution >= 4 is 58.2 Å². The molecule has 0 saturated carbocycles. The molecule has 0 N–H and O–H groups in total. The number of Topliss-reactive ketones (excluding diaryl/α,β-unsaturated/α-hetero) is 1. The number of hydrogen-bond donors (Lipinski definition) is 0. The van der Waals surface area contributed by atoms with E-state index in [0.717, 1.165) is 24.3 Å². The summed E-state index contributed by atoms with van der Waals surface area (Å²) in [6, 6.07) is 3.45. The third-order valence-electron chi connectivity index (χ3n) is 4.85. The van der Waals surface area contributed by atoms with Crippen LogP contribution < -0.4 is 0 Å². The maximum absolute atomic E-state index is 14.9. The van der Waals surface area contributed by atoms with Gasteiger partial charge in [-0.25, -0.2) is 4.39 Å². The van der Waals surface area contributed by atoms with E-state index in [4.69, 9.17) is 34.8 Å². The summed E-state index contributed by atoms with van der Waals surface area (Å²) in [7, 11) is 0. The second-order valence-corrected chi connectivity index (χ2v) is 9.84. The van der Waals surface area contributed by atoms with Crippen molar-refractivity contribution in [3.05, 3.63) is 73.7 Å². The maximum atomic E-state index is 14.9. The standard InChI is InChI=1S/C23H17Cl3F8OS/c24-17-9-13(10-18(25)21(17)26)15(22(29,30)31)11-19(28)12-3-4-14(16(8-12)23(32,33)34)20(35)2-1-6-36-7-5-27/h3-4,8-11,15H,1-2,5-7H2/b19-11-. The Kier molecular flexibility index (Phi) is 11.0. The fourth-order valence-electron chi connectivity index (χ4n) is 3.17. The van der Waals surface area contributed by atoms with Crippen LogP contribution in [0.4, 0.5) is 35.1 Å². The minimum Gasteiger partial charge on any atom is -0.294 e. The second kappa shape index (κ2) is 12.8. The molecule has 0 aliphatic heterocycles. The van der Waals surface area contributed by atoms with Crippen LogP contribution in [0.1, 0.15) is 45.8 Å². The molecule has 0 radical (unpaired) electrons. The fraction of sp³-hybridized carbons (Fsp3) is 0.348. The van der Waals surface area contributed by atoms with Crippen LogP contribution in [0.5, 0.6) is 0 Å². The molecular weight excluding hydrogens is 583 g/mol. The first-order chi connectivity index (χ1) is 16.7. The number of carbonyl (C=O) groups is 1. The molecule has 0 saturated heterocycles. The highest BCUT2D eigenvalue weighted by Gasteiger charge is 2.41. The van der Waals surface area contributed by atoms with E-state index >= 15 is 0 Å². The Morgan fingerprint density at radius 3 is 2.11 bits per heavy atom. The number of hydrogen-bond acceptors (Lipinski definition) is 2. The van der Waals surface area contributed by atoms with Crippen LogP contribution in [-0.2, 0) is 6.18 Å². The van der Waals surface area contributed by atoms with E-state index in [1.807, 2.05) is 0 Å². The zero-order valence-corrected chi connectivity index (χ0v) is 21.1. The first-order valence-corrected chi connectivity index (χ1v) is 12.4. The average Bonchev–Trinajstić information content (AvgIpc) is 2.78. The molecule has 0 heterocycles. The maximum Gasteiger partial charge on any atom is 0.417 e. The summed E-state index contributed by atoms with van der Waals surface area (Å²) in [5, 5.41) is -0.872. The van der Waals surface area contributed by atoms with Crippen molar-refractivity contribution in [1.29, 1.82) is 0 Å². The minimum atomic E-state index is -5.08. The van der Waals surface area contributed by atoms with E-state index in [2.05, 4.69) is 0 Å². The highest BCUT2D eigenvalue weighted by atomic mass is 35.5. The number of thioether (sulfide) groups is 1. The monoisotopic (exact) mass is 598 g/mol. The minimum absolute atomic E-state index is 0.0922. The fourth-order valence-corrected chi connectivity index (χ4v) is 4.45. The van der Waals surface area contributed by atoms with E-state index < -0.39 is 58.8 Å². The lowest BCUT2D eigenvalue weighted by atomic mass is 9.94. The van der Waals surface area contributed by atoms with Gasteiger partial charge in [-0.15, -0.1) is 0 Å². The summed E-state index contributed by atoms with van der Waals surface area (Å²) in [6.45, 7) is -0.579. The zero-order valence-electron chi connectivity index (χ0n) is 18.1. The van der Waals surface area contributed by atoms with Gasteiger partial charge in [0.15, 0.2) is 5.78 Å². The number of allylic oxidation sites excluding steroid dienone is 1. The molecule has 0 spiro atoms. The molecule has 198 valence electrons. The average molecular weight is 600 g/mol. The number of ketones is 1. The molecule has 13 heteroatoms. The molecule has 1 nitrogen and oxygen atoms in total. The van der Waals surface area contributed by atoms with Crippen molar-refractivity contribution < 1.29 is 39.9 Å². The summed E-state index contributed by atoms with van der Waals surface area (Å²) in [6.07, 6.45) is -10.1. The lowest BCUT2D eigenvalue weighted by Crippen LogP contribution is -2.19. The highest BCUT2D eigenvalue weighted by Crippen LogP contribution is 2.43. The zero-order chi connectivity index (χ0) is 27.3. The van der Waals surface area contributed by atoms with Crippen molar-refractivity contribution in [1.82, 2.24) is 0 Å². The van der Waals surface area contributed by atoms with Crippen LogP contribution in [0.25, 0.3) is 5.83 Å². The summed E-state index contributed by atoms with van der Waals surface area (Å²) >= 11 is 18.5. The number of rotatable bonds is 10. The lowest BCUT2D eigenvalue weighted by molar-refractivity contribution is -0.140. The molecule has 1 atom stereocenters. The van der Waals surface area contributed by atoms with Gasteiger partial charge in [0.1, 0.15) is 11.7 Å². The molecule has 0 aliphatic carbocycles. The van der Waals surface area contributed by atoms with E-state index in [1.54, 1.807) is 0 Å². The van der Waals surface area contributed by atoms with Crippen molar-refractivity contribution in [2.75, 3.05) is 18.2 Å². The molecule has 2 aromatic rings. The summed E-state index contributed by atoms with van der Waals surface area (Å²) in [5.41, 5.74) is -3.60. The van der Waals surface area contributed by atoms with E-state index in [1.165, 1.54) is 11.8 Å². The van der Waals surface area contributed by atoms with Gasteiger partial charge in [-0.2, -0.15) is 38.1 Å². The van der Waals surface area contributed by atoms with Gasteiger partial charge < -0.3 is 0 Å². The SMILES string of the molecule is O=C(CCCSCCF)c1ccc(/C(F)=C/C(c2cc(Cl)c(Cl)c(Cl)c2)C(F)(F)F)cc1C(F)(F)F. The van der Waals surface area contributed by atoms with Crippen LogP contribution in [0, 0.1) is 0 Å². The first kappa shape index (κ1) is 30.7. The molecular formula is C23H17Cl3F8OS. The van der Waals surface area contributed by atoms with Crippen LogP contribution in [-0.4, -0.2) is 30.1 Å². The Hall–Kier alpha value is -1.49. The normalized spacial score (nSPS) is 13.7. The Balaban J connectivity index is 2.44. The first-order valence-electron chi connectivity index (χ1n) is 10.1. The number of carbonyl (C=O) groups excluding carboxylic acids is 1. The van der Waals surface area contributed by atoms with Crippen molar-refractivity contribution in [2.24, 2.45) is 0 Å². The van der Waals surface area contributed by atoms with E-state index in [-0.39, 0.29) is 45.8 Å². The quantitative estimate of drug-likeness (QED) is 0.117. The van der Waals surface area contributed by atoms with Crippen molar-refractivity contribution in [3.63, 3.8) is 0 Å². The van der Waals surface area contributed by atoms with Gasteiger partial charge >= 0.3 is 12.4 Å². The number of benzene rings is 2. The van der Waals surface area contributed by atoms with Gasteiger partial charge in [-0.05, 0) is 42.0 Å². The third-order valence-corrected chi connectivity index (χ3v) is 7.06. The number of halogens is 11. The molecule has 0 bridgehead atoms. The molecule has 0 amide bonds. The summed E-state index contributed by atoms with van der Waals surface area (Å²) in [4.78, 5) is 12.3. The van der Waals surface area contributed by atoms with Gasteiger partial charge in [-0.1, -0.05) is 46.9 Å². The van der Waals surface area contributed by atoms with Crippen LogP contribution in [0.2, 0.25) is 15.1 Å². The molecule has 2 rings (SSSR count). The molecule has 0 aliphatic rings. The predicted molar refractivity (Wildman–Crippen MR) is 128 cm³/mol. The Labute approximate surface area is 220 Å². The molecule has 1 unspecified atom stereocenters. The van der Waals surface area contributed by atoms with Crippen LogP contribution in [0.15, 0.2) is 36.4 Å². The molecule has 0 fully saturated rings. The lowest BCUT2D eigenvalue weighted by Gasteiger charge is -2.19. The smallest absolute Gasteiger partial charge is 0.294 e. The topological polar surface area (TPSA) is 17.1 Å². The van der Waals surface area contributed by atoms with Gasteiger partial charge in [0, 0.05) is 23.3 Å². The van der Waals surface area contributed by atoms with E-state index in [0.29, 0.717) is 5.75 Å². The third kappa shape index (κ3) is 8.26. The molecule has 0 aromatic heterocycles. The van der Waals surface area contributed by atoms with Crippen molar-refractivity contribution in [3.8, 4) is 0 Å². The predicted octanol–water partition coefficient (Wildman–Crippen LogP) is 9.99. The Morgan fingerprint density at radius 1 is 0.972 bits per heavy atom. The van der Waals surface area contributed by atoms with Gasteiger partial charge in [-0.3, -0.25) is 9.18 Å².